The molecule has 0 aliphatic carbocycles. The SMILES string of the molecule is Cc1cc2sc(NC(=O)Cc3n[nH]c4c3c(=O)n(C)c(=O)n4C)nc2cc1Cl. The van der Waals surface area contributed by atoms with Gasteiger partial charge in [0.15, 0.2) is 5.13 Å². The Morgan fingerprint density at radius 2 is 2.04 bits per heavy atom. The van der Waals surface area contributed by atoms with Gasteiger partial charge in [-0.15, -0.1) is 0 Å². The summed E-state index contributed by atoms with van der Waals surface area (Å²) in [6, 6.07) is 3.67. The third-order valence-corrected chi connectivity index (χ3v) is 5.83. The van der Waals surface area contributed by atoms with Gasteiger partial charge in [-0.2, -0.15) is 5.10 Å². The summed E-state index contributed by atoms with van der Waals surface area (Å²) in [5, 5.41) is 10.7. The van der Waals surface area contributed by atoms with E-state index in [9.17, 15) is 14.4 Å². The molecule has 9 nitrogen and oxygen atoms in total. The number of benzene rings is 1. The second-order valence-electron chi connectivity index (χ2n) is 6.41. The molecular weight excluding hydrogens is 404 g/mol. The highest BCUT2D eigenvalue weighted by atomic mass is 35.5. The number of carbonyl (C=O) groups excluding carboxylic acids is 1. The van der Waals surface area contributed by atoms with E-state index in [1.807, 2.05) is 13.0 Å². The third-order valence-electron chi connectivity index (χ3n) is 4.49. The average Bonchev–Trinajstić information content (AvgIpc) is 3.22. The van der Waals surface area contributed by atoms with Gasteiger partial charge in [0, 0.05) is 19.1 Å². The molecule has 4 rings (SSSR count). The lowest BCUT2D eigenvalue weighted by Crippen LogP contribution is -2.37. The van der Waals surface area contributed by atoms with Gasteiger partial charge >= 0.3 is 5.69 Å². The summed E-state index contributed by atoms with van der Waals surface area (Å²) in [6.45, 7) is 1.90. The van der Waals surface area contributed by atoms with E-state index in [1.165, 1.54) is 30.0 Å². The number of hydrogen-bond acceptors (Lipinski definition) is 6. The normalized spacial score (nSPS) is 11.4. The molecule has 0 unspecified atom stereocenters. The molecule has 0 fully saturated rings. The summed E-state index contributed by atoms with van der Waals surface area (Å²) in [5.41, 5.74) is 1.20. The Kier molecular flexibility index (Phi) is 4.31. The number of nitrogens with one attached hydrogen (secondary N) is 2. The van der Waals surface area contributed by atoms with Gasteiger partial charge < -0.3 is 5.32 Å². The summed E-state index contributed by atoms with van der Waals surface area (Å²) in [4.78, 5) is 41.3. The standard InChI is InChI=1S/C17H15ClN6O3S/c1-7-4-11-9(5-8(7)18)19-16(28-11)20-12(25)6-10-13-14(22-21-10)23(2)17(27)24(3)15(13)26/h4-5H,6H2,1-3H3,(H,21,22)(H,19,20,25). The van der Waals surface area contributed by atoms with Gasteiger partial charge in [0.2, 0.25) is 5.91 Å². The molecule has 0 bridgehead atoms. The molecule has 1 aromatic carbocycles. The molecule has 0 spiro atoms. The predicted molar refractivity (Wildman–Crippen MR) is 108 cm³/mol. The monoisotopic (exact) mass is 418 g/mol. The van der Waals surface area contributed by atoms with Gasteiger partial charge in [-0.25, -0.2) is 9.78 Å². The van der Waals surface area contributed by atoms with Crippen LogP contribution >= 0.6 is 22.9 Å². The highest BCUT2D eigenvalue weighted by Crippen LogP contribution is 2.30. The van der Waals surface area contributed by atoms with Crippen LogP contribution in [0.25, 0.3) is 21.3 Å². The van der Waals surface area contributed by atoms with Gasteiger partial charge in [-0.3, -0.25) is 23.8 Å². The Hall–Kier alpha value is -2.98. The van der Waals surface area contributed by atoms with E-state index < -0.39 is 11.2 Å². The van der Waals surface area contributed by atoms with Crippen molar-refractivity contribution in [2.24, 2.45) is 14.1 Å². The van der Waals surface area contributed by atoms with Crippen LogP contribution < -0.4 is 16.6 Å². The molecule has 0 saturated carbocycles. The molecule has 0 atom stereocenters. The molecule has 11 heteroatoms. The Morgan fingerprint density at radius 1 is 1.29 bits per heavy atom. The van der Waals surface area contributed by atoms with Gasteiger partial charge in [-0.05, 0) is 24.6 Å². The lowest BCUT2D eigenvalue weighted by molar-refractivity contribution is -0.115. The van der Waals surface area contributed by atoms with E-state index in [2.05, 4.69) is 20.5 Å². The summed E-state index contributed by atoms with van der Waals surface area (Å²) < 4.78 is 3.18. The van der Waals surface area contributed by atoms with Crippen molar-refractivity contribution < 1.29 is 4.79 Å². The van der Waals surface area contributed by atoms with Gasteiger partial charge in [-0.1, -0.05) is 22.9 Å². The number of fused-ring (bicyclic) bond motifs is 2. The minimum Gasteiger partial charge on any atom is -0.302 e. The molecule has 0 radical (unpaired) electrons. The number of carbonyl (C=O) groups is 1. The summed E-state index contributed by atoms with van der Waals surface area (Å²) in [6.07, 6.45) is -0.136. The predicted octanol–water partition coefficient (Wildman–Crippen LogP) is 1.71. The van der Waals surface area contributed by atoms with Crippen molar-refractivity contribution >= 4 is 55.2 Å². The molecule has 28 heavy (non-hydrogen) atoms. The first-order valence-electron chi connectivity index (χ1n) is 8.25. The Balaban J connectivity index is 1.64. The van der Waals surface area contributed by atoms with E-state index >= 15 is 0 Å². The van der Waals surface area contributed by atoms with Crippen LogP contribution in [0.3, 0.4) is 0 Å². The van der Waals surface area contributed by atoms with Crippen molar-refractivity contribution in [1.29, 1.82) is 0 Å². The number of hydrogen-bond donors (Lipinski definition) is 2. The first-order chi connectivity index (χ1) is 13.3. The smallest absolute Gasteiger partial charge is 0.302 e. The maximum atomic E-state index is 12.5. The maximum absolute atomic E-state index is 12.5. The van der Waals surface area contributed by atoms with Crippen molar-refractivity contribution in [3.8, 4) is 0 Å². The highest BCUT2D eigenvalue weighted by Gasteiger charge is 2.19. The molecular formula is C17H15ClN6O3S. The minimum atomic E-state index is -0.500. The lowest BCUT2D eigenvalue weighted by atomic mass is 10.2. The van der Waals surface area contributed by atoms with Crippen LogP contribution in [0.15, 0.2) is 21.7 Å². The average molecular weight is 419 g/mol. The quantitative estimate of drug-likeness (QED) is 0.525. The fraction of sp³-hybridized carbons (Fsp3) is 0.235. The second kappa shape index (κ2) is 6.57. The van der Waals surface area contributed by atoms with E-state index in [0.29, 0.717) is 15.7 Å². The van der Waals surface area contributed by atoms with Crippen LogP contribution in [-0.4, -0.2) is 30.2 Å². The van der Waals surface area contributed by atoms with Crippen molar-refractivity contribution in [3.05, 3.63) is 49.3 Å². The first-order valence-corrected chi connectivity index (χ1v) is 9.45. The van der Waals surface area contributed by atoms with Crippen molar-refractivity contribution in [2.45, 2.75) is 13.3 Å². The molecule has 3 aromatic heterocycles. The van der Waals surface area contributed by atoms with Crippen LogP contribution in [0.1, 0.15) is 11.3 Å². The fourth-order valence-corrected chi connectivity index (χ4v) is 4.08. The van der Waals surface area contributed by atoms with E-state index in [-0.39, 0.29) is 29.1 Å². The Morgan fingerprint density at radius 3 is 2.79 bits per heavy atom. The number of thiazole rings is 1. The number of amides is 1. The van der Waals surface area contributed by atoms with Crippen LogP contribution in [0.5, 0.6) is 0 Å². The molecule has 0 aliphatic heterocycles. The van der Waals surface area contributed by atoms with E-state index in [0.717, 1.165) is 14.8 Å². The van der Waals surface area contributed by atoms with Crippen LogP contribution in [0.2, 0.25) is 5.02 Å². The molecule has 144 valence electrons. The topological polar surface area (TPSA) is 115 Å². The number of nitrogens with zero attached hydrogens (tertiary/aromatic N) is 4. The fourth-order valence-electron chi connectivity index (χ4n) is 2.96. The number of aromatic nitrogens is 5. The number of aromatic amines is 1. The molecule has 1 amide bonds. The lowest BCUT2D eigenvalue weighted by Gasteiger charge is -2.03. The van der Waals surface area contributed by atoms with Gasteiger partial charge in [0.25, 0.3) is 5.56 Å². The third kappa shape index (κ3) is 2.90. The van der Waals surface area contributed by atoms with Gasteiger partial charge in [0.1, 0.15) is 11.0 Å². The zero-order chi connectivity index (χ0) is 20.2. The largest absolute Gasteiger partial charge is 0.332 e. The van der Waals surface area contributed by atoms with Crippen molar-refractivity contribution in [2.75, 3.05) is 5.32 Å². The zero-order valence-electron chi connectivity index (χ0n) is 15.2. The molecule has 2 N–H and O–H groups in total. The number of aryl methyl sites for hydroxylation is 2. The molecule has 4 aromatic rings. The highest BCUT2D eigenvalue weighted by molar-refractivity contribution is 7.22. The van der Waals surface area contributed by atoms with Crippen molar-refractivity contribution in [3.63, 3.8) is 0 Å². The summed E-state index contributed by atoms with van der Waals surface area (Å²) in [7, 11) is 2.91. The Labute approximate surface area is 166 Å². The number of H-pyrrole nitrogens is 1. The van der Waals surface area contributed by atoms with Crippen molar-refractivity contribution in [1.82, 2.24) is 24.3 Å². The summed E-state index contributed by atoms with van der Waals surface area (Å²) in [5.74, 6) is -0.369. The molecule has 0 aliphatic rings. The van der Waals surface area contributed by atoms with Crippen LogP contribution in [0.4, 0.5) is 5.13 Å². The number of rotatable bonds is 3. The zero-order valence-corrected chi connectivity index (χ0v) is 16.7. The number of anilines is 1. The van der Waals surface area contributed by atoms with E-state index in [4.69, 9.17) is 11.6 Å². The molecule has 3 heterocycles. The second-order valence-corrected chi connectivity index (χ2v) is 7.85. The first kappa shape index (κ1) is 18.4. The maximum Gasteiger partial charge on any atom is 0.332 e. The summed E-state index contributed by atoms with van der Waals surface area (Å²) >= 11 is 7.45. The van der Waals surface area contributed by atoms with Crippen LogP contribution in [-0.2, 0) is 25.3 Å². The number of halogens is 1. The minimum absolute atomic E-state index is 0.136. The molecule has 0 saturated heterocycles. The van der Waals surface area contributed by atoms with Gasteiger partial charge in [0.05, 0.1) is 22.3 Å². The van der Waals surface area contributed by atoms with E-state index in [1.54, 1.807) is 6.07 Å². The Bertz CT molecular complexity index is 1340. The van der Waals surface area contributed by atoms with Crippen LogP contribution in [0, 0.1) is 6.92 Å².